The highest BCUT2D eigenvalue weighted by Gasteiger charge is 2.50. The average Bonchev–Trinajstić information content (AvgIpc) is 4.00. The molecule has 28 heteroatoms. The molecule has 9 rings (SSSR count). The van der Waals surface area contributed by atoms with Crippen molar-refractivity contribution in [3.63, 3.8) is 0 Å². The third-order valence-corrected chi connectivity index (χ3v) is 13.5. The first-order valence-corrected chi connectivity index (χ1v) is 24.3. The SMILES string of the molecule is CC(N)=NC(=Nc1cc(Cl)ccc1C(F)(F)F)[C@@H]1O[C@H](CO)[C@H](O)[C@H](n2cc(-c3cc(F)c(Cl)c(F)c3)nn2)[C@H]1OCC(=O)NC1CC(Oc2ccc(C(=O)Nc3ccc4c(c3)CN(C3CCC(=O)NC3=O)C4=O)nc2)C1. The van der Waals surface area contributed by atoms with Crippen LogP contribution in [-0.4, -0.2) is 132 Å². The molecule has 2 aromatic heterocycles. The van der Waals surface area contributed by atoms with Crippen LogP contribution < -0.4 is 26.4 Å². The molecule has 1 aliphatic carbocycles. The molecule has 3 aromatic carbocycles. The number of amidine groups is 2. The molecule has 3 aliphatic heterocycles. The molecule has 1 saturated carbocycles. The molecule has 5 aromatic rings. The van der Waals surface area contributed by atoms with Crippen molar-refractivity contribution in [2.24, 2.45) is 15.7 Å². The quantitative estimate of drug-likeness (QED) is 0.0286. The summed E-state index contributed by atoms with van der Waals surface area (Å²) in [5.74, 6) is -5.29. The fraction of sp³-hybridized carbons (Fsp3) is 0.347. The van der Waals surface area contributed by atoms with E-state index in [-0.39, 0.29) is 53.1 Å². The first kappa shape index (κ1) is 54.3. The fourth-order valence-corrected chi connectivity index (χ4v) is 9.46. The lowest BCUT2D eigenvalue weighted by Gasteiger charge is -2.43. The van der Waals surface area contributed by atoms with E-state index >= 15 is 0 Å². The number of rotatable bonds is 14. The van der Waals surface area contributed by atoms with Crippen LogP contribution in [0.15, 0.2) is 83.0 Å². The van der Waals surface area contributed by atoms with Crippen LogP contribution in [0.5, 0.6) is 5.75 Å². The van der Waals surface area contributed by atoms with Gasteiger partial charge in [-0.3, -0.25) is 29.3 Å². The molecule has 0 spiro atoms. The number of halogens is 7. The number of hydrogen-bond donors (Lipinski definition) is 6. The molecule has 404 valence electrons. The number of alkyl halides is 3. The lowest BCUT2D eigenvalue weighted by Crippen LogP contribution is -2.59. The zero-order valence-electron chi connectivity index (χ0n) is 40.0. The number of aliphatic hydroxyl groups is 2. The largest absolute Gasteiger partial charge is 0.489 e. The van der Waals surface area contributed by atoms with Crippen LogP contribution in [0, 0.1) is 11.6 Å². The van der Waals surface area contributed by atoms with Crippen molar-refractivity contribution in [1.29, 1.82) is 0 Å². The summed E-state index contributed by atoms with van der Waals surface area (Å²) in [5, 5.41) is 37.0. The molecular weight excluding hydrogens is 1070 g/mol. The Morgan fingerprint density at radius 3 is 2.47 bits per heavy atom. The van der Waals surface area contributed by atoms with E-state index in [9.17, 15) is 56.1 Å². The molecule has 5 heterocycles. The fourth-order valence-electron chi connectivity index (χ4n) is 9.19. The summed E-state index contributed by atoms with van der Waals surface area (Å²) in [6.45, 7) is -0.263. The van der Waals surface area contributed by atoms with Gasteiger partial charge in [0.1, 0.15) is 83.0 Å². The first-order valence-electron chi connectivity index (χ1n) is 23.5. The highest BCUT2D eigenvalue weighted by atomic mass is 35.5. The molecule has 4 aliphatic rings. The number of hydrogen-bond acceptors (Lipinski definition) is 14. The summed E-state index contributed by atoms with van der Waals surface area (Å²) in [6, 6.07) is 9.28. The number of imide groups is 1. The van der Waals surface area contributed by atoms with Gasteiger partial charge in [-0.25, -0.2) is 28.4 Å². The van der Waals surface area contributed by atoms with Crippen LogP contribution in [0.25, 0.3) is 11.3 Å². The third-order valence-electron chi connectivity index (χ3n) is 12.9. The number of carbonyl (C=O) groups excluding carboxylic acids is 5. The van der Waals surface area contributed by atoms with E-state index in [1.807, 2.05) is 0 Å². The van der Waals surface area contributed by atoms with Gasteiger partial charge in [0, 0.05) is 53.7 Å². The van der Waals surface area contributed by atoms with Crippen molar-refractivity contribution in [1.82, 2.24) is 35.5 Å². The maximum atomic E-state index is 14.5. The number of amides is 5. The smallest absolute Gasteiger partial charge is 0.418 e. The molecule has 0 bridgehead atoms. The minimum Gasteiger partial charge on any atom is -0.489 e. The summed E-state index contributed by atoms with van der Waals surface area (Å²) in [4.78, 5) is 77.8. The maximum Gasteiger partial charge on any atom is 0.418 e. The van der Waals surface area contributed by atoms with Gasteiger partial charge in [-0.05, 0) is 79.6 Å². The second-order valence-corrected chi connectivity index (χ2v) is 19.1. The number of benzene rings is 3. The van der Waals surface area contributed by atoms with E-state index in [2.05, 4.69) is 41.2 Å². The second kappa shape index (κ2) is 22.2. The number of aliphatic hydroxyl groups excluding tert-OH is 2. The van der Waals surface area contributed by atoms with Crippen LogP contribution in [0.2, 0.25) is 10.0 Å². The van der Waals surface area contributed by atoms with E-state index < -0.39 is 125 Å². The molecule has 2 saturated heterocycles. The number of nitrogens with two attached hydrogens (primary N) is 1. The summed E-state index contributed by atoms with van der Waals surface area (Å²) in [6.07, 6.45) is -8.62. The Labute approximate surface area is 442 Å². The third kappa shape index (κ3) is 11.9. The molecule has 5 amide bonds. The molecule has 3 fully saturated rings. The van der Waals surface area contributed by atoms with Gasteiger partial charge in [0.05, 0.1) is 36.1 Å². The minimum absolute atomic E-state index is 0.0422. The number of carbonyl (C=O) groups is 5. The van der Waals surface area contributed by atoms with Crippen molar-refractivity contribution in [3.8, 4) is 17.0 Å². The Kier molecular flexibility index (Phi) is 15.7. The van der Waals surface area contributed by atoms with Crippen molar-refractivity contribution in [2.45, 2.75) is 94.0 Å². The zero-order chi connectivity index (χ0) is 55.0. The number of anilines is 1. The molecule has 6 atom stereocenters. The lowest BCUT2D eigenvalue weighted by molar-refractivity contribution is -0.200. The van der Waals surface area contributed by atoms with Gasteiger partial charge in [-0.15, -0.1) is 5.10 Å². The van der Waals surface area contributed by atoms with Gasteiger partial charge in [0.2, 0.25) is 17.7 Å². The van der Waals surface area contributed by atoms with Crippen LogP contribution in [0.1, 0.15) is 70.6 Å². The number of nitrogens with one attached hydrogen (secondary N) is 3. The highest BCUT2D eigenvalue weighted by Crippen LogP contribution is 2.40. The zero-order valence-corrected chi connectivity index (χ0v) is 41.5. The normalized spacial score (nSPS) is 23.8. The number of piperidine rings is 1. The van der Waals surface area contributed by atoms with Crippen LogP contribution in [0.3, 0.4) is 0 Å². The van der Waals surface area contributed by atoms with E-state index in [0.717, 1.165) is 35.1 Å². The van der Waals surface area contributed by atoms with E-state index in [1.54, 1.807) is 18.2 Å². The standard InChI is InChI=1S/C49H44Cl2F5N11O10/c1-21(57)59-45(62-34-13-24(50)2-6-30(34)49(54,55)56)44-43(41(42(71)37(19-68)77-44)67-18-35(64-65-67)22-11-31(52)40(51)32(53)12-22)75-20-39(70)60-26-14-28(15-26)76-27-4-7-33(58-16-27)46(72)61-25-3-5-29-23(10-25)17-66(48(29)74)36-8-9-38(69)63-47(36)73/h2-7,10-13,16,18,26,28,36-37,41-44,68,71H,8-9,14-15,17,19-20H2,1H3,(H,60,70)(H,61,72)(H2,57,59,62)(H,63,69,73)/t26?,28?,36?,37-,41+,42+,43-,44-/m1/s1. The Bertz CT molecular complexity index is 3190. The van der Waals surface area contributed by atoms with Crippen molar-refractivity contribution < 1.29 is 70.3 Å². The highest BCUT2D eigenvalue weighted by molar-refractivity contribution is 6.31. The summed E-state index contributed by atoms with van der Waals surface area (Å²) in [5.41, 5.74) is 5.11. The van der Waals surface area contributed by atoms with Crippen LogP contribution in [0.4, 0.5) is 33.3 Å². The minimum atomic E-state index is -4.95. The van der Waals surface area contributed by atoms with Crippen LogP contribution >= 0.6 is 23.2 Å². The predicted molar refractivity (Wildman–Crippen MR) is 262 cm³/mol. The Balaban J connectivity index is 0.865. The van der Waals surface area contributed by atoms with Gasteiger partial charge in [-0.1, -0.05) is 28.4 Å². The monoisotopic (exact) mass is 1110 g/mol. The van der Waals surface area contributed by atoms with E-state index in [4.69, 9.17) is 43.1 Å². The number of aliphatic imine (C=N–C) groups is 2. The van der Waals surface area contributed by atoms with E-state index in [1.165, 1.54) is 30.2 Å². The lowest BCUT2D eigenvalue weighted by atomic mass is 9.89. The van der Waals surface area contributed by atoms with Crippen molar-refractivity contribution in [3.05, 3.63) is 117 Å². The van der Waals surface area contributed by atoms with Gasteiger partial charge >= 0.3 is 6.18 Å². The van der Waals surface area contributed by atoms with E-state index in [0.29, 0.717) is 41.5 Å². The number of pyridine rings is 1. The number of ether oxygens (including phenoxy) is 3. The predicted octanol–water partition coefficient (Wildman–Crippen LogP) is 4.84. The van der Waals surface area contributed by atoms with Gasteiger partial charge in [0.25, 0.3) is 11.8 Å². The number of aromatic nitrogens is 4. The summed E-state index contributed by atoms with van der Waals surface area (Å²) < 4.78 is 91.2. The van der Waals surface area contributed by atoms with Gasteiger partial charge in [-0.2, -0.15) is 13.2 Å². The molecule has 1 unspecified atom stereocenters. The maximum absolute atomic E-state index is 14.5. The summed E-state index contributed by atoms with van der Waals surface area (Å²) in [7, 11) is 0. The van der Waals surface area contributed by atoms with Crippen molar-refractivity contribution in [2.75, 3.05) is 18.5 Å². The van der Waals surface area contributed by atoms with Crippen molar-refractivity contribution >= 4 is 75.8 Å². The number of nitrogens with zero attached hydrogens (tertiary/aromatic N) is 7. The molecule has 0 radical (unpaired) electrons. The Hall–Kier alpha value is -7.49. The Morgan fingerprint density at radius 1 is 1.04 bits per heavy atom. The summed E-state index contributed by atoms with van der Waals surface area (Å²) >= 11 is 11.8. The molecule has 21 nitrogen and oxygen atoms in total. The number of fused-ring (bicyclic) bond motifs is 1. The average molecular weight is 1110 g/mol. The molecular formula is C49H44Cl2F5N11O10. The topological polar surface area (TPSA) is 287 Å². The molecule has 77 heavy (non-hydrogen) atoms. The van der Waals surface area contributed by atoms with Crippen LogP contribution in [-0.2, 0) is 36.6 Å². The van der Waals surface area contributed by atoms with Gasteiger partial charge in [0.15, 0.2) is 5.84 Å². The first-order chi connectivity index (χ1) is 36.6. The van der Waals surface area contributed by atoms with Gasteiger partial charge < -0.3 is 45.7 Å². The Morgan fingerprint density at radius 2 is 1.79 bits per heavy atom. The molecule has 7 N–H and O–H groups in total. The second-order valence-electron chi connectivity index (χ2n) is 18.3.